The average molecular weight is 408 g/mol. The van der Waals surface area contributed by atoms with Crippen molar-refractivity contribution in [3.05, 3.63) is 91.9 Å². The summed E-state index contributed by atoms with van der Waals surface area (Å²) in [5, 5.41) is 16.5. The van der Waals surface area contributed by atoms with Crippen LogP contribution in [0.3, 0.4) is 0 Å². The summed E-state index contributed by atoms with van der Waals surface area (Å²) in [4.78, 5) is 36.8. The summed E-state index contributed by atoms with van der Waals surface area (Å²) in [6.07, 6.45) is 0. The van der Waals surface area contributed by atoms with E-state index in [1.54, 1.807) is 6.07 Å². The summed E-state index contributed by atoms with van der Waals surface area (Å²) < 4.78 is 0.770. The van der Waals surface area contributed by atoms with Gasteiger partial charge in [0.05, 0.1) is 10.5 Å². The van der Waals surface area contributed by atoms with Gasteiger partial charge in [0.25, 0.3) is 11.6 Å². The lowest BCUT2D eigenvalue weighted by Gasteiger charge is -2.10. The van der Waals surface area contributed by atoms with Gasteiger partial charge >= 0.3 is 0 Å². The third-order valence-corrected chi connectivity index (χ3v) is 6.11. The van der Waals surface area contributed by atoms with Gasteiger partial charge in [-0.2, -0.15) is 0 Å². The van der Waals surface area contributed by atoms with Crippen LogP contribution in [0.15, 0.2) is 70.8 Å². The second-order valence-electron chi connectivity index (χ2n) is 5.87. The Morgan fingerprint density at radius 3 is 2.43 bits per heavy atom. The number of nitrogens with zero attached hydrogens (tertiary/aromatic N) is 1. The Bertz CT molecular complexity index is 1250. The van der Waals surface area contributed by atoms with Crippen molar-refractivity contribution in [1.29, 1.82) is 0 Å². The highest BCUT2D eigenvalue weighted by Gasteiger charge is 2.18. The van der Waals surface area contributed by atoms with Crippen molar-refractivity contribution in [2.75, 3.05) is 5.32 Å². The number of amides is 1. The molecule has 0 bridgehead atoms. The predicted octanol–water partition coefficient (Wildman–Crippen LogP) is 5.15. The third-order valence-electron chi connectivity index (χ3n) is 4.13. The fourth-order valence-corrected chi connectivity index (χ4v) is 4.71. The molecule has 4 aromatic rings. The van der Waals surface area contributed by atoms with Crippen LogP contribution < -0.4 is 10.7 Å². The maximum absolute atomic E-state index is 13.1. The van der Waals surface area contributed by atoms with Crippen molar-refractivity contribution in [1.82, 2.24) is 0 Å². The Hall–Kier alpha value is -3.36. The Morgan fingerprint density at radius 1 is 1.00 bits per heavy atom. The minimum Gasteiger partial charge on any atom is -0.313 e. The lowest BCUT2D eigenvalue weighted by atomic mass is 10.1. The molecule has 2 heterocycles. The van der Waals surface area contributed by atoms with E-state index in [1.807, 2.05) is 35.7 Å². The molecule has 2 aromatic carbocycles. The number of anilines is 1. The summed E-state index contributed by atoms with van der Waals surface area (Å²) in [7, 11) is 0. The van der Waals surface area contributed by atoms with Crippen molar-refractivity contribution >= 4 is 49.4 Å². The van der Waals surface area contributed by atoms with E-state index in [0.29, 0.717) is 16.0 Å². The van der Waals surface area contributed by atoms with Gasteiger partial charge in [-0.15, -0.1) is 22.7 Å². The molecule has 138 valence electrons. The molecule has 0 atom stereocenters. The van der Waals surface area contributed by atoms with Gasteiger partial charge in [-0.25, -0.2) is 0 Å². The highest BCUT2D eigenvalue weighted by Crippen LogP contribution is 2.35. The molecule has 0 radical (unpaired) electrons. The van der Waals surface area contributed by atoms with Crippen LogP contribution >= 0.6 is 22.7 Å². The average Bonchev–Trinajstić information content (AvgIpc) is 3.22. The fraction of sp³-hybridized carbons (Fsp3) is 0. The number of nitrogens with one attached hydrogen (secondary N) is 1. The molecule has 1 N–H and O–H groups in total. The molecule has 8 heteroatoms. The molecule has 2 aromatic heterocycles. The van der Waals surface area contributed by atoms with Gasteiger partial charge in [-0.05, 0) is 35.7 Å². The Labute approximate surface area is 166 Å². The van der Waals surface area contributed by atoms with Crippen molar-refractivity contribution in [3.63, 3.8) is 0 Å². The second-order valence-corrected chi connectivity index (χ2v) is 7.87. The van der Waals surface area contributed by atoms with Crippen molar-refractivity contribution in [3.8, 4) is 10.4 Å². The van der Waals surface area contributed by atoms with Gasteiger partial charge in [0, 0.05) is 32.7 Å². The molecule has 28 heavy (non-hydrogen) atoms. The van der Waals surface area contributed by atoms with Gasteiger partial charge in [0.15, 0.2) is 5.43 Å². The van der Waals surface area contributed by atoms with Crippen LogP contribution in [0.25, 0.3) is 20.5 Å². The van der Waals surface area contributed by atoms with E-state index in [-0.39, 0.29) is 16.7 Å². The molecule has 4 rings (SSSR count). The standard InChI is InChI=1S/C20H12N2O4S2/c23-18-14-4-1-2-5-15(14)28-20(17(18)16-6-3-11-27-16)21-19(24)12-7-9-13(10-8-12)22(25)26/h1-11H,(H,21,24). The molecule has 0 saturated heterocycles. The van der Waals surface area contributed by atoms with Gasteiger partial charge in [-0.3, -0.25) is 19.7 Å². The van der Waals surface area contributed by atoms with Gasteiger partial charge in [0.1, 0.15) is 5.00 Å². The smallest absolute Gasteiger partial charge is 0.269 e. The van der Waals surface area contributed by atoms with Gasteiger partial charge in [-0.1, -0.05) is 18.2 Å². The normalized spacial score (nSPS) is 10.7. The summed E-state index contributed by atoms with van der Waals surface area (Å²) in [6.45, 7) is 0. The van der Waals surface area contributed by atoms with Crippen LogP contribution in [0.2, 0.25) is 0 Å². The zero-order valence-corrected chi connectivity index (χ0v) is 15.9. The molecule has 6 nitrogen and oxygen atoms in total. The molecule has 0 saturated carbocycles. The zero-order chi connectivity index (χ0) is 19.7. The lowest BCUT2D eigenvalue weighted by molar-refractivity contribution is -0.384. The van der Waals surface area contributed by atoms with E-state index in [9.17, 15) is 19.7 Å². The fourth-order valence-electron chi connectivity index (χ4n) is 2.78. The van der Waals surface area contributed by atoms with Crippen LogP contribution in [0.4, 0.5) is 10.7 Å². The first-order valence-electron chi connectivity index (χ1n) is 8.20. The largest absolute Gasteiger partial charge is 0.313 e. The highest BCUT2D eigenvalue weighted by molar-refractivity contribution is 7.23. The van der Waals surface area contributed by atoms with Crippen LogP contribution in [0.1, 0.15) is 10.4 Å². The first-order chi connectivity index (χ1) is 13.5. The first-order valence-corrected chi connectivity index (χ1v) is 9.90. The number of hydrogen-bond donors (Lipinski definition) is 1. The molecule has 1 amide bonds. The number of nitro benzene ring substituents is 1. The molecule has 0 unspecified atom stereocenters. The number of non-ortho nitro benzene ring substituents is 1. The maximum atomic E-state index is 13.1. The molecule has 0 spiro atoms. The summed E-state index contributed by atoms with van der Waals surface area (Å²) in [5.41, 5.74) is 0.492. The summed E-state index contributed by atoms with van der Waals surface area (Å²) in [6, 6.07) is 16.3. The summed E-state index contributed by atoms with van der Waals surface area (Å²) in [5.74, 6) is -0.432. The SMILES string of the molecule is O=C(Nc1sc2ccccc2c(=O)c1-c1cccs1)c1ccc([N+](=O)[O-])cc1. The topological polar surface area (TPSA) is 89.3 Å². The zero-order valence-electron chi connectivity index (χ0n) is 14.2. The quantitative estimate of drug-likeness (QED) is 0.373. The number of thiophene rings is 1. The Balaban J connectivity index is 1.79. The number of rotatable bonds is 4. The van der Waals surface area contributed by atoms with Crippen molar-refractivity contribution in [2.24, 2.45) is 0 Å². The Kier molecular flexibility index (Phi) is 4.72. The van der Waals surface area contributed by atoms with E-state index in [1.165, 1.54) is 46.9 Å². The van der Waals surface area contributed by atoms with E-state index in [4.69, 9.17) is 0 Å². The van der Waals surface area contributed by atoms with Crippen molar-refractivity contribution < 1.29 is 9.72 Å². The monoisotopic (exact) mass is 408 g/mol. The number of carbonyl (C=O) groups is 1. The van der Waals surface area contributed by atoms with E-state index in [0.717, 1.165) is 9.58 Å². The maximum Gasteiger partial charge on any atom is 0.269 e. The number of nitro groups is 1. The summed E-state index contributed by atoms with van der Waals surface area (Å²) >= 11 is 2.74. The van der Waals surface area contributed by atoms with Crippen LogP contribution in [-0.4, -0.2) is 10.8 Å². The number of carbonyl (C=O) groups excluding carboxylic acids is 1. The second kappa shape index (κ2) is 7.34. The third kappa shape index (κ3) is 3.30. The molecule has 0 aliphatic heterocycles. The minimum atomic E-state index is -0.522. The highest BCUT2D eigenvalue weighted by atomic mass is 32.1. The molecule has 0 fully saturated rings. The first kappa shape index (κ1) is 18.0. The van der Waals surface area contributed by atoms with E-state index >= 15 is 0 Å². The van der Waals surface area contributed by atoms with E-state index in [2.05, 4.69) is 5.32 Å². The number of fused-ring (bicyclic) bond motifs is 1. The minimum absolute atomic E-state index is 0.0915. The number of hydrogen-bond acceptors (Lipinski definition) is 6. The molecule has 0 aliphatic rings. The van der Waals surface area contributed by atoms with Gasteiger partial charge in [0.2, 0.25) is 0 Å². The van der Waals surface area contributed by atoms with E-state index < -0.39 is 10.8 Å². The lowest BCUT2D eigenvalue weighted by Crippen LogP contribution is -2.15. The van der Waals surface area contributed by atoms with Crippen LogP contribution in [-0.2, 0) is 0 Å². The van der Waals surface area contributed by atoms with Gasteiger partial charge < -0.3 is 5.32 Å². The Morgan fingerprint density at radius 2 is 1.75 bits per heavy atom. The van der Waals surface area contributed by atoms with Crippen LogP contribution in [0, 0.1) is 10.1 Å². The predicted molar refractivity (Wildman–Crippen MR) is 112 cm³/mol. The molecular weight excluding hydrogens is 396 g/mol. The number of benzene rings is 2. The molecular formula is C20H12N2O4S2. The molecule has 0 aliphatic carbocycles. The van der Waals surface area contributed by atoms with Crippen molar-refractivity contribution in [2.45, 2.75) is 0 Å². The van der Waals surface area contributed by atoms with Crippen LogP contribution in [0.5, 0.6) is 0 Å².